The van der Waals surface area contributed by atoms with Crippen molar-refractivity contribution in [1.82, 2.24) is 10.3 Å². The summed E-state index contributed by atoms with van der Waals surface area (Å²) in [5.74, 6) is 2.18. The first-order chi connectivity index (χ1) is 10.6. The number of carbonyl (C=O) groups is 1. The molecule has 1 fully saturated rings. The molecule has 0 spiro atoms. The van der Waals surface area contributed by atoms with Gasteiger partial charge in [-0.05, 0) is 26.0 Å². The highest BCUT2D eigenvalue weighted by Crippen LogP contribution is 2.34. The second-order valence-corrected chi connectivity index (χ2v) is 8.95. The summed E-state index contributed by atoms with van der Waals surface area (Å²) in [7, 11) is 0. The van der Waals surface area contributed by atoms with E-state index in [2.05, 4.69) is 41.6 Å². The van der Waals surface area contributed by atoms with Crippen molar-refractivity contribution in [2.24, 2.45) is 0 Å². The number of rotatable bonds is 4. The second kappa shape index (κ2) is 8.48. The molecule has 126 valence electrons. The summed E-state index contributed by atoms with van der Waals surface area (Å²) in [6.45, 7) is 5.13. The molecule has 8 heteroatoms. The third-order valence-electron chi connectivity index (χ3n) is 3.45. The lowest BCUT2D eigenvalue weighted by molar-refractivity contribution is -0.116. The van der Waals surface area contributed by atoms with E-state index < -0.39 is 0 Å². The molecule has 1 atom stereocenters. The molecule has 0 bridgehead atoms. The lowest BCUT2D eigenvalue weighted by Crippen LogP contribution is -2.39. The molecule has 1 aliphatic heterocycles. The first-order valence-corrected chi connectivity index (χ1v) is 10.1. The average Bonchev–Trinajstić information content (AvgIpc) is 3.06. The number of thioether (sulfide) groups is 1. The fraction of sp³-hybridized carbons (Fsp3) is 0.467. The molecule has 4 nitrogen and oxygen atoms in total. The molecule has 0 aromatic carbocycles. The van der Waals surface area contributed by atoms with E-state index in [-0.39, 0.29) is 24.4 Å². The zero-order chi connectivity index (χ0) is 15.5. The Balaban J connectivity index is 0.00000192. The zero-order valence-electron chi connectivity index (χ0n) is 13.0. The number of thiazole rings is 1. The first-order valence-electron chi connectivity index (χ1n) is 7.27. The molecular formula is C15H20ClN3OS3. The third-order valence-corrected chi connectivity index (χ3v) is 6.47. The highest BCUT2D eigenvalue weighted by atomic mass is 35.5. The number of nitrogens with zero attached hydrogens (tertiary/aromatic N) is 1. The monoisotopic (exact) mass is 389 g/mol. The molecule has 2 N–H and O–H groups in total. The van der Waals surface area contributed by atoms with E-state index in [0.717, 1.165) is 33.5 Å². The predicted molar refractivity (Wildman–Crippen MR) is 105 cm³/mol. The topological polar surface area (TPSA) is 54.0 Å². The number of hydrogen-bond donors (Lipinski definition) is 2. The van der Waals surface area contributed by atoms with Crippen LogP contribution in [0.5, 0.6) is 0 Å². The van der Waals surface area contributed by atoms with E-state index in [1.54, 1.807) is 22.7 Å². The number of thiophene rings is 1. The van der Waals surface area contributed by atoms with Crippen molar-refractivity contribution in [3.63, 3.8) is 0 Å². The van der Waals surface area contributed by atoms with Crippen LogP contribution in [-0.4, -0.2) is 35.0 Å². The Hall–Kier alpha value is -0.600. The normalized spacial score (nSPS) is 17.6. The van der Waals surface area contributed by atoms with Crippen LogP contribution in [0.15, 0.2) is 12.1 Å². The van der Waals surface area contributed by atoms with Crippen molar-refractivity contribution in [3.8, 4) is 10.6 Å². The van der Waals surface area contributed by atoms with Crippen molar-refractivity contribution in [2.75, 3.05) is 23.4 Å². The molecule has 3 rings (SSSR count). The molecule has 0 radical (unpaired) electrons. The molecule has 0 saturated carbocycles. The Morgan fingerprint density at radius 2 is 2.22 bits per heavy atom. The number of aryl methyl sites for hydroxylation is 2. The van der Waals surface area contributed by atoms with Gasteiger partial charge in [0.15, 0.2) is 5.13 Å². The van der Waals surface area contributed by atoms with Crippen molar-refractivity contribution in [1.29, 1.82) is 0 Å². The first kappa shape index (κ1) is 18.7. The largest absolute Gasteiger partial charge is 0.312 e. The maximum absolute atomic E-state index is 12.2. The average molecular weight is 390 g/mol. The molecule has 1 unspecified atom stereocenters. The Bertz CT molecular complexity index is 665. The van der Waals surface area contributed by atoms with Gasteiger partial charge in [-0.3, -0.25) is 4.79 Å². The zero-order valence-corrected chi connectivity index (χ0v) is 16.3. The van der Waals surface area contributed by atoms with Crippen LogP contribution in [0, 0.1) is 13.8 Å². The van der Waals surface area contributed by atoms with Gasteiger partial charge in [0.05, 0.1) is 10.6 Å². The van der Waals surface area contributed by atoms with E-state index >= 15 is 0 Å². The third kappa shape index (κ3) is 4.93. The van der Waals surface area contributed by atoms with Crippen molar-refractivity contribution >= 4 is 57.9 Å². The van der Waals surface area contributed by atoms with Gasteiger partial charge < -0.3 is 10.6 Å². The number of aromatic nitrogens is 1. The van der Waals surface area contributed by atoms with Gasteiger partial charge >= 0.3 is 0 Å². The smallest absolute Gasteiger partial charge is 0.227 e. The van der Waals surface area contributed by atoms with Crippen LogP contribution in [-0.2, 0) is 4.79 Å². The molecule has 2 aromatic rings. The highest BCUT2D eigenvalue weighted by Gasteiger charge is 2.18. The molecule has 2 aromatic heterocycles. The quantitative estimate of drug-likeness (QED) is 0.831. The van der Waals surface area contributed by atoms with Crippen LogP contribution in [0.25, 0.3) is 10.6 Å². The molecule has 0 aliphatic carbocycles. The molecule has 23 heavy (non-hydrogen) atoms. The van der Waals surface area contributed by atoms with E-state index in [9.17, 15) is 4.79 Å². The summed E-state index contributed by atoms with van der Waals surface area (Å²) in [5, 5.41) is 7.04. The van der Waals surface area contributed by atoms with Crippen LogP contribution in [0.3, 0.4) is 0 Å². The summed E-state index contributed by atoms with van der Waals surface area (Å²) in [4.78, 5) is 20.3. The summed E-state index contributed by atoms with van der Waals surface area (Å²) in [6.07, 6.45) is 0.513. The van der Waals surface area contributed by atoms with Crippen LogP contribution in [0.1, 0.15) is 16.2 Å². The number of carbonyl (C=O) groups excluding carboxylic acids is 1. The number of anilines is 1. The van der Waals surface area contributed by atoms with Gasteiger partial charge in [-0.1, -0.05) is 0 Å². The maximum atomic E-state index is 12.2. The summed E-state index contributed by atoms with van der Waals surface area (Å²) >= 11 is 5.18. The van der Waals surface area contributed by atoms with Gasteiger partial charge in [0.2, 0.25) is 5.91 Å². The minimum absolute atomic E-state index is 0. The Morgan fingerprint density at radius 3 is 2.87 bits per heavy atom. The number of halogens is 1. The minimum Gasteiger partial charge on any atom is -0.312 e. The second-order valence-electron chi connectivity index (χ2n) is 5.31. The van der Waals surface area contributed by atoms with Gasteiger partial charge in [-0.25, -0.2) is 4.98 Å². The summed E-state index contributed by atoms with van der Waals surface area (Å²) in [5.41, 5.74) is 0.991. The minimum atomic E-state index is 0. The van der Waals surface area contributed by atoms with Crippen LogP contribution in [0.4, 0.5) is 5.13 Å². The van der Waals surface area contributed by atoms with Crippen LogP contribution in [0.2, 0.25) is 0 Å². The van der Waals surface area contributed by atoms with Gasteiger partial charge in [0.1, 0.15) is 0 Å². The highest BCUT2D eigenvalue weighted by molar-refractivity contribution is 7.99. The van der Waals surface area contributed by atoms with Crippen molar-refractivity contribution in [2.45, 2.75) is 26.3 Å². The van der Waals surface area contributed by atoms with E-state index in [0.29, 0.717) is 11.6 Å². The Labute approximate surface area is 154 Å². The SMILES string of the molecule is Cc1ccc(-c2nc(NC(=O)CC3CSCCN3)sc2C)s1.Cl. The molecule has 1 aliphatic rings. The molecule has 1 amide bonds. The fourth-order valence-electron chi connectivity index (χ4n) is 2.39. The lowest BCUT2D eigenvalue weighted by Gasteiger charge is -2.22. The summed E-state index contributed by atoms with van der Waals surface area (Å²) in [6, 6.07) is 4.47. The van der Waals surface area contributed by atoms with Gasteiger partial charge in [-0.15, -0.1) is 35.1 Å². The molecule has 3 heterocycles. The Morgan fingerprint density at radius 1 is 1.39 bits per heavy atom. The predicted octanol–water partition coefficient (Wildman–Crippen LogP) is 3.94. The van der Waals surface area contributed by atoms with Crippen LogP contribution >= 0.6 is 46.8 Å². The van der Waals surface area contributed by atoms with E-state index in [1.165, 1.54) is 4.88 Å². The fourth-order valence-corrected chi connectivity index (χ4v) is 5.16. The van der Waals surface area contributed by atoms with E-state index in [4.69, 9.17) is 0 Å². The van der Waals surface area contributed by atoms with Gasteiger partial charge in [0, 0.05) is 40.3 Å². The van der Waals surface area contributed by atoms with Gasteiger partial charge in [0.25, 0.3) is 0 Å². The van der Waals surface area contributed by atoms with Crippen molar-refractivity contribution in [3.05, 3.63) is 21.9 Å². The molecular weight excluding hydrogens is 370 g/mol. The Kier molecular flexibility index (Phi) is 6.91. The lowest BCUT2D eigenvalue weighted by atomic mass is 10.2. The van der Waals surface area contributed by atoms with Gasteiger partial charge in [-0.2, -0.15) is 11.8 Å². The molecule has 1 saturated heterocycles. The number of nitrogens with one attached hydrogen (secondary N) is 2. The standard InChI is InChI=1S/C15H19N3OS3.ClH/c1-9-3-4-12(21-9)14-10(2)22-15(18-14)17-13(19)7-11-8-20-6-5-16-11;/h3-4,11,16H,5-8H2,1-2H3,(H,17,18,19);1H. The van der Waals surface area contributed by atoms with E-state index in [1.807, 2.05) is 11.8 Å². The number of amides is 1. The van der Waals surface area contributed by atoms with Crippen LogP contribution < -0.4 is 10.6 Å². The number of hydrogen-bond acceptors (Lipinski definition) is 6. The van der Waals surface area contributed by atoms with Crippen molar-refractivity contribution < 1.29 is 4.79 Å². The summed E-state index contributed by atoms with van der Waals surface area (Å²) < 4.78 is 0. The maximum Gasteiger partial charge on any atom is 0.227 e.